The highest BCUT2D eigenvalue weighted by atomic mass is 16.5. The molecule has 2 amide bonds. The van der Waals surface area contributed by atoms with Gasteiger partial charge in [-0.1, -0.05) is 30.3 Å². The van der Waals surface area contributed by atoms with Crippen LogP contribution in [0.4, 0.5) is 0 Å². The average molecular weight is 354 g/mol. The second kappa shape index (κ2) is 6.57. The maximum Gasteiger partial charge on any atom is 0.271 e. The lowest BCUT2D eigenvalue weighted by Gasteiger charge is -2.16. The van der Waals surface area contributed by atoms with Gasteiger partial charge in [-0.15, -0.1) is 0 Å². The van der Waals surface area contributed by atoms with Gasteiger partial charge in [0.15, 0.2) is 5.69 Å². The molecule has 2 aromatic rings. The highest BCUT2D eigenvalue weighted by Gasteiger charge is 2.55. The number of amides is 2. The van der Waals surface area contributed by atoms with Gasteiger partial charge in [0.2, 0.25) is 0 Å². The van der Waals surface area contributed by atoms with Crippen molar-refractivity contribution in [2.75, 3.05) is 20.3 Å². The van der Waals surface area contributed by atoms with Crippen molar-refractivity contribution in [3.8, 4) is 0 Å². The minimum Gasteiger partial charge on any atom is -0.381 e. The van der Waals surface area contributed by atoms with Crippen LogP contribution in [-0.2, 0) is 4.74 Å². The van der Waals surface area contributed by atoms with E-state index in [-0.39, 0.29) is 29.6 Å². The zero-order valence-electron chi connectivity index (χ0n) is 14.8. The third-order valence-corrected chi connectivity index (χ3v) is 5.33. The number of carbonyl (C=O) groups is 2. The zero-order chi connectivity index (χ0) is 18.3. The van der Waals surface area contributed by atoms with E-state index < -0.39 is 0 Å². The molecule has 0 bridgehead atoms. The van der Waals surface area contributed by atoms with Gasteiger partial charge in [0.05, 0.1) is 19.3 Å². The number of carbonyl (C=O) groups excluding carboxylic acids is 2. The Hall–Kier alpha value is -2.67. The van der Waals surface area contributed by atoms with Crippen molar-refractivity contribution in [1.29, 1.82) is 0 Å². The van der Waals surface area contributed by atoms with Crippen molar-refractivity contribution in [2.45, 2.75) is 19.0 Å². The first-order chi connectivity index (χ1) is 12.6. The van der Waals surface area contributed by atoms with E-state index >= 15 is 0 Å². The maximum atomic E-state index is 12.9. The molecule has 2 aliphatic rings. The first kappa shape index (κ1) is 16.8. The van der Waals surface area contributed by atoms with Crippen molar-refractivity contribution < 1.29 is 14.3 Å². The molecule has 4 rings (SSSR count). The summed E-state index contributed by atoms with van der Waals surface area (Å²) in [5, 5.41) is 10.0. The predicted molar refractivity (Wildman–Crippen MR) is 94.9 cm³/mol. The highest BCUT2D eigenvalue weighted by Crippen LogP contribution is 2.44. The van der Waals surface area contributed by atoms with Gasteiger partial charge in [0.25, 0.3) is 11.8 Å². The Kier molecular flexibility index (Phi) is 4.24. The summed E-state index contributed by atoms with van der Waals surface area (Å²) in [6.07, 6.45) is 0. The van der Waals surface area contributed by atoms with Crippen LogP contribution in [-0.4, -0.2) is 47.9 Å². The zero-order valence-corrected chi connectivity index (χ0v) is 14.8. The van der Waals surface area contributed by atoms with Gasteiger partial charge in [-0.05, 0) is 12.5 Å². The summed E-state index contributed by atoms with van der Waals surface area (Å²) >= 11 is 0. The normalized spacial score (nSPS) is 24.6. The monoisotopic (exact) mass is 354 g/mol. The van der Waals surface area contributed by atoms with Crippen LogP contribution < -0.4 is 10.6 Å². The van der Waals surface area contributed by atoms with E-state index in [1.807, 2.05) is 37.3 Å². The molecule has 4 atom stereocenters. The standard InChI is InChI=1S/C19H22N4O3/c1-11(12-6-4-3-5-7-12)23-16(8-15(22-23)18(24)20-2)19(25)21-17-13-9-26-10-14(13)17/h3-8,11,13-14,17H,9-10H2,1-2H3,(H,20,24)(H,21,25)/t11-,13-,14+,17+/m0/s1. The summed E-state index contributed by atoms with van der Waals surface area (Å²) in [5.74, 6) is 0.324. The molecule has 26 heavy (non-hydrogen) atoms. The third-order valence-electron chi connectivity index (χ3n) is 5.33. The SMILES string of the molecule is CNC(=O)c1cc(C(=O)N[C@H]2[C@@H]3COC[C@@H]32)n([C@@H](C)c2ccccc2)n1. The molecule has 2 heterocycles. The molecule has 1 aromatic carbocycles. The molecule has 1 saturated heterocycles. The Morgan fingerprint density at radius 3 is 2.54 bits per heavy atom. The van der Waals surface area contributed by atoms with Gasteiger partial charge in [-0.25, -0.2) is 0 Å². The Balaban J connectivity index is 1.62. The summed E-state index contributed by atoms with van der Waals surface area (Å²) in [6.45, 7) is 3.38. The van der Waals surface area contributed by atoms with Gasteiger partial charge in [-0.3, -0.25) is 14.3 Å². The fraction of sp³-hybridized carbons (Fsp3) is 0.421. The van der Waals surface area contributed by atoms with Crippen LogP contribution in [0, 0.1) is 11.8 Å². The summed E-state index contributed by atoms with van der Waals surface area (Å²) in [4.78, 5) is 24.9. The van der Waals surface area contributed by atoms with Crippen molar-refractivity contribution in [3.63, 3.8) is 0 Å². The number of hydrogen-bond acceptors (Lipinski definition) is 4. The molecule has 2 N–H and O–H groups in total. The molecule has 7 nitrogen and oxygen atoms in total. The summed E-state index contributed by atoms with van der Waals surface area (Å²) in [7, 11) is 1.55. The fourth-order valence-electron chi connectivity index (χ4n) is 3.65. The number of nitrogens with zero attached hydrogens (tertiary/aromatic N) is 2. The predicted octanol–water partition coefficient (Wildman–Crippen LogP) is 1.23. The van der Waals surface area contributed by atoms with E-state index in [1.54, 1.807) is 17.8 Å². The largest absolute Gasteiger partial charge is 0.381 e. The summed E-state index contributed by atoms with van der Waals surface area (Å²) in [5.41, 5.74) is 1.65. The molecule has 0 unspecified atom stereocenters. The van der Waals surface area contributed by atoms with E-state index in [1.165, 1.54) is 0 Å². The van der Waals surface area contributed by atoms with Crippen molar-refractivity contribution >= 4 is 11.8 Å². The third kappa shape index (κ3) is 2.88. The van der Waals surface area contributed by atoms with Gasteiger partial charge < -0.3 is 15.4 Å². The quantitative estimate of drug-likeness (QED) is 0.846. The highest BCUT2D eigenvalue weighted by molar-refractivity contribution is 5.98. The van der Waals surface area contributed by atoms with E-state index in [4.69, 9.17) is 4.74 Å². The lowest BCUT2D eigenvalue weighted by molar-refractivity contribution is 0.0915. The van der Waals surface area contributed by atoms with Crippen LogP contribution in [0.1, 0.15) is 39.5 Å². The number of hydrogen-bond donors (Lipinski definition) is 2. The average Bonchev–Trinajstić information content (AvgIpc) is 3.07. The van der Waals surface area contributed by atoms with Crippen LogP contribution in [0.2, 0.25) is 0 Å². The van der Waals surface area contributed by atoms with Crippen molar-refractivity contribution in [1.82, 2.24) is 20.4 Å². The lowest BCUT2D eigenvalue weighted by Crippen LogP contribution is -2.32. The van der Waals surface area contributed by atoms with E-state index in [9.17, 15) is 9.59 Å². The second-order valence-corrected chi connectivity index (χ2v) is 6.89. The molecule has 1 saturated carbocycles. The fourth-order valence-corrected chi connectivity index (χ4v) is 3.65. The van der Waals surface area contributed by atoms with E-state index in [0.717, 1.165) is 5.56 Å². The topological polar surface area (TPSA) is 85.3 Å². The molecule has 0 spiro atoms. The second-order valence-electron chi connectivity index (χ2n) is 6.89. The first-order valence-electron chi connectivity index (χ1n) is 8.85. The van der Waals surface area contributed by atoms with Gasteiger partial charge in [0.1, 0.15) is 5.69 Å². The summed E-state index contributed by atoms with van der Waals surface area (Å²) < 4.78 is 7.00. The lowest BCUT2D eigenvalue weighted by atomic mass is 10.1. The molecule has 0 radical (unpaired) electrons. The molecule has 7 heteroatoms. The summed E-state index contributed by atoms with van der Waals surface area (Å²) in [6, 6.07) is 11.3. The van der Waals surface area contributed by atoms with Crippen molar-refractivity contribution in [3.05, 3.63) is 53.3 Å². The number of ether oxygens (including phenoxy) is 1. The molecular weight excluding hydrogens is 332 g/mol. The minimum absolute atomic E-state index is 0.162. The molecular formula is C19H22N4O3. The van der Waals surface area contributed by atoms with Crippen LogP contribution in [0.25, 0.3) is 0 Å². The molecule has 1 aliphatic carbocycles. The van der Waals surface area contributed by atoms with Crippen LogP contribution >= 0.6 is 0 Å². The Morgan fingerprint density at radius 1 is 1.19 bits per heavy atom. The van der Waals surface area contributed by atoms with Gasteiger partial charge >= 0.3 is 0 Å². The Morgan fingerprint density at radius 2 is 1.88 bits per heavy atom. The van der Waals surface area contributed by atoms with Crippen LogP contribution in [0.5, 0.6) is 0 Å². The van der Waals surface area contributed by atoms with Crippen molar-refractivity contribution in [2.24, 2.45) is 11.8 Å². The number of benzene rings is 1. The molecule has 1 aliphatic heterocycles. The Labute approximate surface area is 151 Å². The van der Waals surface area contributed by atoms with Gasteiger partial charge in [-0.2, -0.15) is 5.10 Å². The van der Waals surface area contributed by atoms with Gasteiger partial charge in [0, 0.05) is 31.0 Å². The molecule has 1 aromatic heterocycles. The van der Waals surface area contributed by atoms with E-state index in [2.05, 4.69) is 15.7 Å². The minimum atomic E-state index is -0.310. The number of nitrogens with one attached hydrogen (secondary N) is 2. The Bertz CT molecular complexity index is 823. The number of aromatic nitrogens is 2. The van der Waals surface area contributed by atoms with Crippen LogP contribution in [0.3, 0.4) is 0 Å². The number of rotatable bonds is 5. The van der Waals surface area contributed by atoms with Crippen LogP contribution in [0.15, 0.2) is 36.4 Å². The smallest absolute Gasteiger partial charge is 0.271 e. The number of fused-ring (bicyclic) bond motifs is 1. The molecule has 136 valence electrons. The first-order valence-corrected chi connectivity index (χ1v) is 8.85. The molecule has 2 fully saturated rings. The maximum absolute atomic E-state index is 12.9. The van der Waals surface area contributed by atoms with E-state index in [0.29, 0.717) is 30.7 Å².